The van der Waals surface area contributed by atoms with E-state index in [1.165, 1.54) is 68.0 Å². The molecule has 310 valence electrons. The fourth-order valence-electron chi connectivity index (χ4n) is 10.1. The molecule has 0 spiro atoms. The Morgan fingerprint density at radius 3 is 1.94 bits per heavy atom. The lowest BCUT2D eigenvalue weighted by molar-refractivity contribution is 0.669. The summed E-state index contributed by atoms with van der Waals surface area (Å²) < 4.78 is 8.92. The monoisotopic (exact) mass is 834 g/mol. The molecule has 3 heteroatoms. The maximum atomic E-state index is 6.50. The first-order valence-corrected chi connectivity index (χ1v) is 22.7. The molecule has 3 nitrogen and oxygen atoms in total. The van der Waals surface area contributed by atoms with Crippen LogP contribution < -0.4 is 0 Å². The minimum Gasteiger partial charge on any atom is -0.456 e. The van der Waals surface area contributed by atoms with E-state index in [1.807, 2.05) is 18.2 Å². The molecule has 12 rings (SSSR count). The van der Waals surface area contributed by atoms with Gasteiger partial charge in [0.15, 0.2) is 0 Å². The van der Waals surface area contributed by atoms with Gasteiger partial charge in [-0.05, 0) is 131 Å². The van der Waals surface area contributed by atoms with E-state index in [0.717, 1.165) is 66.7 Å². The van der Waals surface area contributed by atoms with E-state index in [1.54, 1.807) is 0 Å². The van der Waals surface area contributed by atoms with Gasteiger partial charge >= 0.3 is 0 Å². The van der Waals surface area contributed by atoms with E-state index in [2.05, 4.69) is 207 Å². The van der Waals surface area contributed by atoms with Crippen molar-refractivity contribution in [3.8, 4) is 39.1 Å². The average Bonchev–Trinajstić information content (AvgIpc) is 4.05. The maximum absolute atomic E-state index is 6.50. The summed E-state index contributed by atoms with van der Waals surface area (Å²) in [5.41, 5.74) is 21.4. The highest BCUT2D eigenvalue weighted by Gasteiger charge is 2.30. The standard InChI is InChI=1S/C62H46N2O/c1-39-15-7-9-19-48(39)53-24-13-23-51(60(53)43-27-28-43)42-29-33-47(34-30-42)64-56-25-12-11-21-52(56)54-37-45(31-35-57(54)64)46-32-36-58-55(38-46)61-50(22-14-26-59(61)65-58)41(3)63-62(44-17-5-4-6-18-44)49-20-10-8-16-40(49)2/h4-26,29-38,43H,3,27-28H2,1-2H3. The van der Waals surface area contributed by atoms with Crippen molar-refractivity contribution in [2.45, 2.75) is 32.6 Å². The van der Waals surface area contributed by atoms with Gasteiger partial charge < -0.3 is 8.98 Å². The summed E-state index contributed by atoms with van der Waals surface area (Å²) in [5.74, 6) is 0.609. The summed E-state index contributed by atoms with van der Waals surface area (Å²) in [5, 5.41) is 4.50. The number of aryl methyl sites for hydroxylation is 2. The van der Waals surface area contributed by atoms with Gasteiger partial charge in [-0.2, -0.15) is 0 Å². The number of hydrogen-bond acceptors (Lipinski definition) is 2. The van der Waals surface area contributed by atoms with Crippen LogP contribution in [0.4, 0.5) is 0 Å². The van der Waals surface area contributed by atoms with Gasteiger partial charge in [0.1, 0.15) is 11.2 Å². The Hall–Kier alpha value is -8.01. The molecule has 0 aliphatic heterocycles. The quantitative estimate of drug-likeness (QED) is 0.133. The average molecular weight is 835 g/mol. The van der Waals surface area contributed by atoms with E-state index >= 15 is 0 Å². The van der Waals surface area contributed by atoms with Crippen molar-refractivity contribution < 1.29 is 4.42 Å². The molecule has 0 N–H and O–H groups in total. The molecule has 0 amide bonds. The zero-order valence-electron chi connectivity index (χ0n) is 36.6. The fourth-order valence-corrected chi connectivity index (χ4v) is 10.1. The Kier molecular flexibility index (Phi) is 9.31. The van der Waals surface area contributed by atoms with Gasteiger partial charge in [-0.1, -0.05) is 158 Å². The maximum Gasteiger partial charge on any atom is 0.136 e. The van der Waals surface area contributed by atoms with E-state index < -0.39 is 0 Å². The van der Waals surface area contributed by atoms with Gasteiger partial charge in [0.05, 0.1) is 22.4 Å². The molecule has 0 bridgehead atoms. The van der Waals surface area contributed by atoms with Gasteiger partial charge in [0, 0.05) is 43.9 Å². The molecule has 0 atom stereocenters. The zero-order valence-corrected chi connectivity index (χ0v) is 36.6. The minimum atomic E-state index is 0.609. The largest absolute Gasteiger partial charge is 0.456 e. The Bertz CT molecular complexity index is 3690. The molecule has 2 heterocycles. The van der Waals surface area contributed by atoms with Gasteiger partial charge in [-0.3, -0.25) is 0 Å². The number of aliphatic imine (C=N–C) groups is 1. The number of aromatic nitrogens is 1. The number of rotatable bonds is 9. The van der Waals surface area contributed by atoms with E-state index in [9.17, 15) is 0 Å². The third kappa shape index (κ3) is 6.71. The van der Waals surface area contributed by atoms with Gasteiger partial charge in [0.25, 0.3) is 0 Å². The Balaban J connectivity index is 0.933. The molecule has 9 aromatic carbocycles. The van der Waals surface area contributed by atoms with Gasteiger partial charge in [-0.25, -0.2) is 4.99 Å². The zero-order chi connectivity index (χ0) is 43.6. The van der Waals surface area contributed by atoms with Crippen molar-refractivity contribution in [3.05, 3.63) is 240 Å². The lowest BCUT2D eigenvalue weighted by Crippen LogP contribution is -2.06. The summed E-state index contributed by atoms with van der Waals surface area (Å²) in [4.78, 5) is 5.28. The molecule has 1 saturated carbocycles. The number of fused-ring (bicyclic) bond motifs is 6. The lowest BCUT2D eigenvalue weighted by Gasteiger charge is -2.17. The van der Waals surface area contributed by atoms with E-state index in [0.29, 0.717) is 11.6 Å². The molecule has 0 saturated heterocycles. The van der Waals surface area contributed by atoms with Crippen LogP contribution in [0.15, 0.2) is 216 Å². The third-order valence-electron chi connectivity index (χ3n) is 13.5. The molecule has 1 aliphatic carbocycles. The Labute approximate surface area is 379 Å². The van der Waals surface area contributed by atoms with Crippen molar-refractivity contribution in [1.82, 2.24) is 4.57 Å². The number of furan rings is 1. The molecular formula is C62H46N2O. The highest BCUT2D eigenvalue weighted by molar-refractivity contribution is 6.17. The second-order valence-corrected chi connectivity index (χ2v) is 17.6. The van der Waals surface area contributed by atoms with Crippen LogP contribution in [0.5, 0.6) is 0 Å². The summed E-state index contributed by atoms with van der Waals surface area (Å²) in [7, 11) is 0. The van der Waals surface area contributed by atoms with Crippen molar-refractivity contribution in [3.63, 3.8) is 0 Å². The second kappa shape index (κ2) is 15.7. The van der Waals surface area contributed by atoms with E-state index in [4.69, 9.17) is 9.41 Å². The first-order valence-electron chi connectivity index (χ1n) is 22.7. The number of nitrogens with zero attached hydrogens (tertiary/aromatic N) is 2. The normalized spacial score (nSPS) is 13.0. The first kappa shape index (κ1) is 38.6. The summed E-state index contributed by atoms with van der Waals surface area (Å²) in [6.45, 7) is 8.93. The predicted molar refractivity (Wildman–Crippen MR) is 273 cm³/mol. The highest BCUT2D eigenvalue weighted by atomic mass is 16.3. The molecular weight excluding hydrogens is 789 g/mol. The van der Waals surface area contributed by atoms with Crippen molar-refractivity contribution >= 4 is 55.2 Å². The summed E-state index contributed by atoms with van der Waals surface area (Å²) in [6.07, 6.45) is 2.50. The molecule has 1 aliphatic rings. The number of para-hydroxylation sites is 1. The van der Waals surface area contributed by atoms with Crippen molar-refractivity contribution in [1.29, 1.82) is 0 Å². The lowest BCUT2D eigenvalue weighted by atomic mass is 9.87. The smallest absolute Gasteiger partial charge is 0.136 e. The SMILES string of the molecule is C=C(N=C(c1ccccc1)c1ccccc1C)c1cccc2oc3ccc(-c4ccc5c(c4)c4ccccc4n5-c4ccc(-c5cccc(-c6ccccc6C)c5C5CC5)cc4)cc3c12. The Morgan fingerprint density at radius 2 is 1.14 bits per heavy atom. The number of hydrogen-bond donors (Lipinski definition) is 0. The van der Waals surface area contributed by atoms with Crippen LogP contribution in [-0.2, 0) is 0 Å². The van der Waals surface area contributed by atoms with Crippen LogP contribution >= 0.6 is 0 Å². The predicted octanol–water partition coefficient (Wildman–Crippen LogP) is 16.7. The number of benzene rings is 9. The van der Waals surface area contributed by atoms with Crippen LogP contribution in [0.25, 0.3) is 88.5 Å². The summed E-state index contributed by atoms with van der Waals surface area (Å²) in [6, 6.07) is 72.0. The fraction of sp³-hybridized carbons (Fsp3) is 0.0806. The second-order valence-electron chi connectivity index (χ2n) is 17.6. The van der Waals surface area contributed by atoms with Gasteiger partial charge in [0.2, 0.25) is 0 Å². The molecule has 1 fully saturated rings. The van der Waals surface area contributed by atoms with Crippen molar-refractivity contribution in [2.24, 2.45) is 4.99 Å². The third-order valence-corrected chi connectivity index (χ3v) is 13.5. The summed E-state index contributed by atoms with van der Waals surface area (Å²) >= 11 is 0. The molecule has 0 unspecified atom stereocenters. The van der Waals surface area contributed by atoms with Crippen LogP contribution in [0.2, 0.25) is 0 Å². The van der Waals surface area contributed by atoms with Crippen LogP contribution in [0, 0.1) is 13.8 Å². The topological polar surface area (TPSA) is 30.4 Å². The van der Waals surface area contributed by atoms with Crippen LogP contribution in [-0.4, -0.2) is 10.3 Å². The van der Waals surface area contributed by atoms with Crippen molar-refractivity contribution in [2.75, 3.05) is 0 Å². The van der Waals surface area contributed by atoms with Crippen LogP contribution in [0.3, 0.4) is 0 Å². The van der Waals surface area contributed by atoms with E-state index in [-0.39, 0.29) is 0 Å². The highest BCUT2D eigenvalue weighted by Crippen LogP contribution is 2.49. The first-order chi connectivity index (χ1) is 32.0. The minimum absolute atomic E-state index is 0.609. The molecule has 65 heavy (non-hydrogen) atoms. The Morgan fingerprint density at radius 1 is 0.508 bits per heavy atom. The molecule has 0 radical (unpaired) electrons. The molecule has 11 aromatic rings. The molecule has 2 aromatic heterocycles. The van der Waals surface area contributed by atoms with Gasteiger partial charge in [-0.15, -0.1) is 0 Å². The van der Waals surface area contributed by atoms with Crippen LogP contribution in [0.1, 0.15) is 52.1 Å².